The Bertz CT molecular complexity index is 394. The van der Waals surface area contributed by atoms with Crippen molar-refractivity contribution in [1.29, 1.82) is 0 Å². The zero-order chi connectivity index (χ0) is 9.10. The van der Waals surface area contributed by atoms with Gasteiger partial charge >= 0.3 is 0 Å². The van der Waals surface area contributed by atoms with Gasteiger partial charge in [-0.25, -0.2) is 9.97 Å². The Morgan fingerprint density at radius 2 is 2.00 bits per heavy atom. The molecule has 0 aliphatic rings. The van der Waals surface area contributed by atoms with Crippen LogP contribution in [0.5, 0.6) is 0 Å². The van der Waals surface area contributed by atoms with Crippen molar-refractivity contribution < 1.29 is 0 Å². The Hall–Kier alpha value is -0.490. The van der Waals surface area contributed by atoms with Gasteiger partial charge in [0.2, 0.25) is 0 Å². The number of nitrogen functional groups attached to an aromatic ring is 1. The highest BCUT2D eigenvalue weighted by Gasteiger charge is 2.01. The number of nitrogens with zero attached hydrogens (tertiary/aromatic N) is 2. The number of hydrogen-bond donors (Lipinski definition) is 1. The second-order valence-electron chi connectivity index (χ2n) is 2.29. The molecule has 0 aliphatic heterocycles. The van der Waals surface area contributed by atoms with E-state index in [2.05, 4.69) is 9.97 Å². The molecule has 0 fully saturated rings. The summed E-state index contributed by atoms with van der Waals surface area (Å²) in [7, 11) is 0. The summed E-state index contributed by atoms with van der Waals surface area (Å²) in [5, 5.41) is 1.56. The van der Waals surface area contributed by atoms with Gasteiger partial charge in [0, 0.05) is 6.20 Å². The maximum Gasteiger partial charge on any atom is 0.181 e. The van der Waals surface area contributed by atoms with E-state index < -0.39 is 0 Å². The van der Waals surface area contributed by atoms with Crippen LogP contribution < -0.4 is 5.73 Å². The van der Waals surface area contributed by atoms with Gasteiger partial charge in [-0.1, -0.05) is 29.2 Å². The first-order valence-electron chi connectivity index (χ1n) is 3.65. The Labute approximate surface area is 108 Å². The third-order valence-electron chi connectivity index (χ3n) is 1.35. The highest BCUT2D eigenvalue weighted by Crippen LogP contribution is 2.31. The molecule has 7 heteroatoms. The molecule has 2 N–H and O–H groups in total. The van der Waals surface area contributed by atoms with Gasteiger partial charge < -0.3 is 5.73 Å². The number of anilines is 1. The molecule has 3 nitrogen and oxygen atoms in total. The SMILES string of the molecule is Cl.Cl.Nc1ncc(Sc2ccccn2)s1. The number of halogens is 2. The lowest BCUT2D eigenvalue weighted by Gasteiger charge is -1.93. The fourth-order valence-corrected chi connectivity index (χ4v) is 2.50. The molecule has 15 heavy (non-hydrogen) atoms. The molecule has 2 aromatic rings. The fourth-order valence-electron chi connectivity index (χ4n) is 0.830. The molecule has 2 aromatic heterocycles. The maximum atomic E-state index is 5.51. The van der Waals surface area contributed by atoms with E-state index in [1.807, 2.05) is 18.2 Å². The average molecular weight is 282 g/mol. The Kier molecular flexibility index (Phi) is 6.67. The van der Waals surface area contributed by atoms with Gasteiger partial charge in [-0.2, -0.15) is 0 Å². The van der Waals surface area contributed by atoms with Crippen LogP contribution in [-0.2, 0) is 0 Å². The van der Waals surface area contributed by atoms with Gasteiger partial charge in [-0.3, -0.25) is 0 Å². The van der Waals surface area contributed by atoms with Crippen molar-refractivity contribution in [2.75, 3.05) is 5.73 Å². The van der Waals surface area contributed by atoms with Crippen molar-refractivity contribution in [3.8, 4) is 0 Å². The maximum absolute atomic E-state index is 5.51. The Morgan fingerprint density at radius 1 is 1.20 bits per heavy atom. The molecule has 0 radical (unpaired) electrons. The minimum Gasteiger partial charge on any atom is -0.375 e. The van der Waals surface area contributed by atoms with Crippen LogP contribution in [0, 0.1) is 0 Å². The van der Waals surface area contributed by atoms with Crippen LogP contribution >= 0.6 is 47.9 Å². The number of pyridine rings is 1. The monoisotopic (exact) mass is 281 g/mol. The van der Waals surface area contributed by atoms with Crippen LogP contribution in [-0.4, -0.2) is 9.97 Å². The minimum absolute atomic E-state index is 0. The number of hydrogen-bond acceptors (Lipinski definition) is 5. The van der Waals surface area contributed by atoms with E-state index in [9.17, 15) is 0 Å². The van der Waals surface area contributed by atoms with E-state index in [1.165, 1.54) is 11.3 Å². The minimum atomic E-state index is 0. The van der Waals surface area contributed by atoms with E-state index in [0.29, 0.717) is 5.13 Å². The summed E-state index contributed by atoms with van der Waals surface area (Å²) < 4.78 is 1.07. The fraction of sp³-hybridized carbons (Fsp3) is 0. The van der Waals surface area contributed by atoms with Crippen molar-refractivity contribution in [2.45, 2.75) is 9.24 Å². The molecule has 0 amide bonds. The standard InChI is InChI=1S/C8H7N3S2.2ClH/c9-8-11-5-7(13-8)12-6-3-1-2-4-10-6;;/h1-5H,(H2,9,11);2*1H. The topological polar surface area (TPSA) is 51.8 Å². The Morgan fingerprint density at radius 3 is 2.53 bits per heavy atom. The van der Waals surface area contributed by atoms with E-state index in [4.69, 9.17) is 5.73 Å². The number of aromatic nitrogens is 2. The summed E-state index contributed by atoms with van der Waals surface area (Å²) in [4.78, 5) is 8.14. The summed E-state index contributed by atoms with van der Waals surface area (Å²) in [6.45, 7) is 0. The zero-order valence-electron chi connectivity index (χ0n) is 7.49. The van der Waals surface area contributed by atoms with Crippen molar-refractivity contribution in [3.63, 3.8) is 0 Å². The molecular formula is C8H9Cl2N3S2. The van der Waals surface area contributed by atoms with Crippen LogP contribution in [0.3, 0.4) is 0 Å². The van der Waals surface area contributed by atoms with Crippen LogP contribution in [0.15, 0.2) is 39.8 Å². The summed E-state index contributed by atoms with van der Waals surface area (Å²) in [6.07, 6.45) is 3.53. The number of rotatable bonds is 2. The van der Waals surface area contributed by atoms with Gasteiger partial charge in [-0.05, 0) is 12.1 Å². The summed E-state index contributed by atoms with van der Waals surface area (Å²) in [6, 6.07) is 5.81. The lowest BCUT2D eigenvalue weighted by molar-refractivity contribution is 1.13. The molecule has 0 bridgehead atoms. The van der Waals surface area contributed by atoms with E-state index in [1.54, 1.807) is 24.2 Å². The first-order chi connectivity index (χ1) is 6.34. The van der Waals surface area contributed by atoms with Crippen LogP contribution in [0.2, 0.25) is 0 Å². The van der Waals surface area contributed by atoms with Gasteiger partial charge in [0.15, 0.2) is 5.13 Å². The molecule has 2 rings (SSSR count). The summed E-state index contributed by atoms with van der Waals surface area (Å²) >= 11 is 3.05. The molecule has 0 atom stereocenters. The molecular weight excluding hydrogens is 273 g/mol. The smallest absolute Gasteiger partial charge is 0.181 e. The van der Waals surface area contributed by atoms with E-state index in [0.717, 1.165) is 9.24 Å². The zero-order valence-corrected chi connectivity index (χ0v) is 10.8. The molecule has 2 heterocycles. The van der Waals surface area contributed by atoms with Gasteiger partial charge in [0.25, 0.3) is 0 Å². The highest BCUT2D eigenvalue weighted by atomic mass is 35.5. The highest BCUT2D eigenvalue weighted by molar-refractivity contribution is 8.01. The van der Waals surface area contributed by atoms with Gasteiger partial charge in [-0.15, -0.1) is 24.8 Å². The van der Waals surface area contributed by atoms with Crippen molar-refractivity contribution in [3.05, 3.63) is 30.6 Å². The molecule has 0 spiro atoms. The first-order valence-corrected chi connectivity index (χ1v) is 5.28. The second kappa shape index (κ2) is 6.90. The van der Waals surface area contributed by atoms with Gasteiger partial charge in [0.05, 0.1) is 10.4 Å². The predicted molar refractivity (Wildman–Crippen MR) is 69.4 cm³/mol. The van der Waals surface area contributed by atoms with Crippen LogP contribution in [0.4, 0.5) is 5.13 Å². The summed E-state index contributed by atoms with van der Waals surface area (Å²) in [5.41, 5.74) is 5.51. The second-order valence-corrected chi connectivity index (χ2v) is 4.67. The quantitative estimate of drug-likeness (QED) is 0.919. The normalized spacial score (nSPS) is 8.80. The van der Waals surface area contributed by atoms with Crippen LogP contribution in [0.1, 0.15) is 0 Å². The predicted octanol–water partition coefficient (Wildman–Crippen LogP) is 3.12. The first kappa shape index (κ1) is 14.5. The molecule has 0 unspecified atom stereocenters. The summed E-state index contributed by atoms with van der Waals surface area (Å²) in [5.74, 6) is 0. The molecule has 0 saturated heterocycles. The lowest BCUT2D eigenvalue weighted by atomic mass is 10.5. The van der Waals surface area contributed by atoms with Crippen molar-refractivity contribution in [2.24, 2.45) is 0 Å². The molecule has 0 aliphatic carbocycles. The third-order valence-corrected chi connectivity index (χ3v) is 3.22. The van der Waals surface area contributed by atoms with E-state index >= 15 is 0 Å². The van der Waals surface area contributed by atoms with Crippen LogP contribution in [0.25, 0.3) is 0 Å². The van der Waals surface area contributed by atoms with Gasteiger partial charge in [0.1, 0.15) is 5.03 Å². The molecule has 0 aromatic carbocycles. The van der Waals surface area contributed by atoms with Crippen molar-refractivity contribution >= 4 is 53.0 Å². The average Bonchev–Trinajstić information content (AvgIpc) is 2.53. The molecule has 0 saturated carbocycles. The largest absolute Gasteiger partial charge is 0.375 e. The third kappa shape index (κ3) is 4.25. The lowest BCUT2D eigenvalue weighted by Crippen LogP contribution is -1.77. The number of nitrogens with two attached hydrogens (primary N) is 1. The van der Waals surface area contributed by atoms with Crippen molar-refractivity contribution in [1.82, 2.24) is 9.97 Å². The Balaban J connectivity index is 0.000000980. The van der Waals surface area contributed by atoms with E-state index in [-0.39, 0.29) is 24.8 Å². The number of thiazole rings is 1. The molecule has 82 valence electrons.